The van der Waals surface area contributed by atoms with Crippen LogP contribution in [0.15, 0.2) is 0 Å². The van der Waals surface area contributed by atoms with Crippen LogP contribution in [0, 0.1) is 11.8 Å². The van der Waals surface area contributed by atoms with E-state index in [1.54, 1.807) is 0 Å². The third kappa shape index (κ3) is 1.66. The van der Waals surface area contributed by atoms with Gasteiger partial charge in [-0.1, -0.05) is 32.6 Å². The van der Waals surface area contributed by atoms with E-state index < -0.39 is 0 Å². The van der Waals surface area contributed by atoms with Crippen molar-refractivity contribution in [3.05, 3.63) is 0 Å². The van der Waals surface area contributed by atoms with Gasteiger partial charge in [0.2, 0.25) is 0 Å². The molecular weight excluding hydrogens is 148 g/mol. The molecule has 0 amide bonds. The summed E-state index contributed by atoms with van der Waals surface area (Å²) in [6.45, 7) is 2.16. The Morgan fingerprint density at radius 2 is 1.92 bits per heavy atom. The molecule has 0 bridgehead atoms. The van der Waals surface area contributed by atoms with Gasteiger partial charge in [0.1, 0.15) is 0 Å². The molecule has 0 radical (unpaired) electrons. The molecule has 2 saturated carbocycles. The smallest absolute Gasteiger partial charge is 0.0678 e. The second-order valence-electron chi connectivity index (χ2n) is 4.90. The van der Waals surface area contributed by atoms with Crippen molar-refractivity contribution in [1.29, 1.82) is 0 Å². The van der Waals surface area contributed by atoms with Crippen molar-refractivity contribution >= 4 is 0 Å². The average Bonchev–Trinajstić information content (AvgIpc) is 2.57. The first-order chi connectivity index (χ1) is 5.71. The Hall–Kier alpha value is -0.0400. The van der Waals surface area contributed by atoms with Gasteiger partial charge >= 0.3 is 0 Å². The van der Waals surface area contributed by atoms with E-state index >= 15 is 0 Å². The summed E-state index contributed by atoms with van der Waals surface area (Å²) in [5.41, 5.74) is -0.234. The fraction of sp³-hybridized carbons (Fsp3) is 1.00. The molecule has 0 aromatic rings. The van der Waals surface area contributed by atoms with Crippen LogP contribution < -0.4 is 0 Å². The number of hydrogen-bond acceptors (Lipinski definition) is 1. The molecule has 0 aliphatic heterocycles. The Bertz CT molecular complexity index is 160. The van der Waals surface area contributed by atoms with Gasteiger partial charge in [-0.3, -0.25) is 0 Å². The minimum Gasteiger partial charge on any atom is -0.390 e. The highest BCUT2D eigenvalue weighted by atomic mass is 16.3. The van der Waals surface area contributed by atoms with E-state index in [1.165, 1.54) is 32.1 Å². The Labute approximate surface area is 75.2 Å². The second kappa shape index (κ2) is 3.02. The zero-order chi connectivity index (χ0) is 8.60. The van der Waals surface area contributed by atoms with Crippen LogP contribution in [0.5, 0.6) is 0 Å². The fourth-order valence-electron chi connectivity index (χ4n) is 2.57. The van der Waals surface area contributed by atoms with E-state index in [4.69, 9.17) is 0 Å². The summed E-state index contributed by atoms with van der Waals surface area (Å²) in [6, 6.07) is 0. The maximum absolute atomic E-state index is 9.86. The van der Waals surface area contributed by atoms with Crippen molar-refractivity contribution in [3.8, 4) is 0 Å². The highest BCUT2D eigenvalue weighted by Gasteiger charge is 2.48. The summed E-state index contributed by atoms with van der Waals surface area (Å²) in [5.74, 6) is 1.53. The van der Waals surface area contributed by atoms with Gasteiger partial charge in [-0.05, 0) is 31.1 Å². The van der Waals surface area contributed by atoms with Gasteiger partial charge in [-0.2, -0.15) is 0 Å². The van der Waals surface area contributed by atoms with Crippen LogP contribution in [-0.2, 0) is 0 Å². The van der Waals surface area contributed by atoms with Gasteiger partial charge < -0.3 is 5.11 Å². The van der Waals surface area contributed by atoms with E-state index in [-0.39, 0.29) is 5.60 Å². The number of hydrogen-bond donors (Lipinski definition) is 1. The number of aliphatic hydroxyl groups is 1. The molecule has 1 N–H and O–H groups in total. The Kier molecular flexibility index (Phi) is 2.16. The molecule has 0 spiro atoms. The van der Waals surface area contributed by atoms with E-state index in [1.807, 2.05) is 0 Å². The summed E-state index contributed by atoms with van der Waals surface area (Å²) < 4.78 is 0. The van der Waals surface area contributed by atoms with Gasteiger partial charge in [-0.25, -0.2) is 0 Å². The molecule has 2 rings (SSSR count). The third-order valence-corrected chi connectivity index (χ3v) is 3.88. The molecule has 1 heteroatoms. The first-order valence-electron chi connectivity index (χ1n) is 5.43. The monoisotopic (exact) mass is 168 g/mol. The highest BCUT2D eigenvalue weighted by molar-refractivity contribution is 5.00. The molecule has 12 heavy (non-hydrogen) atoms. The maximum Gasteiger partial charge on any atom is 0.0678 e. The fourth-order valence-corrected chi connectivity index (χ4v) is 2.57. The van der Waals surface area contributed by atoms with Crippen LogP contribution in [-0.4, -0.2) is 10.7 Å². The SMILES string of the molecule is CC1CC1(O)CCC1CCCC1. The maximum atomic E-state index is 9.86. The van der Waals surface area contributed by atoms with E-state index in [9.17, 15) is 5.11 Å². The molecule has 0 saturated heterocycles. The molecule has 2 fully saturated rings. The van der Waals surface area contributed by atoms with Crippen LogP contribution in [0.3, 0.4) is 0 Å². The normalized spacial score (nSPS) is 42.0. The van der Waals surface area contributed by atoms with Gasteiger partial charge in [0.15, 0.2) is 0 Å². The van der Waals surface area contributed by atoms with Crippen molar-refractivity contribution < 1.29 is 5.11 Å². The molecular formula is C11H20O. The van der Waals surface area contributed by atoms with Gasteiger partial charge in [-0.15, -0.1) is 0 Å². The van der Waals surface area contributed by atoms with Crippen molar-refractivity contribution in [2.24, 2.45) is 11.8 Å². The Morgan fingerprint density at radius 1 is 1.33 bits per heavy atom. The molecule has 70 valence electrons. The van der Waals surface area contributed by atoms with Crippen LogP contribution >= 0.6 is 0 Å². The molecule has 1 nitrogen and oxygen atoms in total. The molecule has 0 heterocycles. The standard InChI is InChI=1S/C11H20O/c1-9-8-11(9,12)7-6-10-4-2-3-5-10/h9-10,12H,2-8H2,1H3. The Morgan fingerprint density at radius 3 is 2.42 bits per heavy atom. The van der Waals surface area contributed by atoms with Crippen molar-refractivity contribution in [1.82, 2.24) is 0 Å². The lowest BCUT2D eigenvalue weighted by molar-refractivity contribution is 0.115. The minimum atomic E-state index is -0.234. The second-order valence-corrected chi connectivity index (χ2v) is 4.90. The predicted octanol–water partition coefficient (Wildman–Crippen LogP) is 2.73. The van der Waals surface area contributed by atoms with Gasteiger partial charge in [0.25, 0.3) is 0 Å². The van der Waals surface area contributed by atoms with Crippen LogP contribution in [0.2, 0.25) is 0 Å². The largest absolute Gasteiger partial charge is 0.390 e. The lowest BCUT2D eigenvalue weighted by Gasteiger charge is -2.12. The molecule has 2 unspecified atom stereocenters. The summed E-state index contributed by atoms with van der Waals surface area (Å²) in [5, 5.41) is 9.86. The van der Waals surface area contributed by atoms with Crippen LogP contribution in [0.4, 0.5) is 0 Å². The van der Waals surface area contributed by atoms with Crippen LogP contribution in [0.25, 0.3) is 0 Å². The van der Waals surface area contributed by atoms with E-state index in [0.717, 1.165) is 18.8 Å². The third-order valence-electron chi connectivity index (χ3n) is 3.88. The van der Waals surface area contributed by atoms with Crippen molar-refractivity contribution in [2.75, 3.05) is 0 Å². The topological polar surface area (TPSA) is 20.2 Å². The van der Waals surface area contributed by atoms with Crippen molar-refractivity contribution in [3.63, 3.8) is 0 Å². The van der Waals surface area contributed by atoms with E-state index in [2.05, 4.69) is 6.92 Å². The summed E-state index contributed by atoms with van der Waals surface area (Å²) >= 11 is 0. The minimum absolute atomic E-state index is 0.234. The van der Waals surface area contributed by atoms with E-state index in [0.29, 0.717) is 5.92 Å². The van der Waals surface area contributed by atoms with Crippen LogP contribution in [0.1, 0.15) is 51.9 Å². The summed E-state index contributed by atoms with van der Waals surface area (Å²) in [7, 11) is 0. The zero-order valence-electron chi connectivity index (χ0n) is 8.05. The van der Waals surface area contributed by atoms with Gasteiger partial charge in [0.05, 0.1) is 5.60 Å². The summed E-state index contributed by atoms with van der Waals surface area (Å²) in [4.78, 5) is 0. The quantitative estimate of drug-likeness (QED) is 0.687. The molecule has 0 aromatic heterocycles. The zero-order valence-corrected chi connectivity index (χ0v) is 8.05. The Balaban J connectivity index is 1.68. The predicted molar refractivity (Wildman–Crippen MR) is 49.9 cm³/mol. The first-order valence-corrected chi connectivity index (χ1v) is 5.43. The number of rotatable bonds is 3. The van der Waals surface area contributed by atoms with Crippen molar-refractivity contribution in [2.45, 2.75) is 57.5 Å². The average molecular weight is 168 g/mol. The van der Waals surface area contributed by atoms with Gasteiger partial charge in [0, 0.05) is 0 Å². The molecule has 0 aromatic carbocycles. The first kappa shape index (κ1) is 8.55. The summed E-state index contributed by atoms with van der Waals surface area (Å²) in [6.07, 6.45) is 9.10. The highest BCUT2D eigenvalue weighted by Crippen LogP contribution is 2.47. The molecule has 2 atom stereocenters. The lowest BCUT2D eigenvalue weighted by atomic mass is 9.98. The lowest BCUT2D eigenvalue weighted by Crippen LogP contribution is -2.11. The molecule has 2 aliphatic carbocycles. The molecule has 2 aliphatic rings.